The number of hydrogen-bond donors (Lipinski definition) is 0. The summed E-state index contributed by atoms with van der Waals surface area (Å²) in [6.45, 7) is 0. The second-order valence-electron chi connectivity index (χ2n) is 2.98. The van der Waals surface area contributed by atoms with E-state index in [1.165, 1.54) is 6.07 Å². The number of benzene rings is 1. The van der Waals surface area contributed by atoms with Crippen LogP contribution < -0.4 is 4.74 Å². The first-order valence-corrected chi connectivity index (χ1v) is 4.58. The fraction of sp³-hybridized carbons (Fsp3) is 0.200. The van der Waals surface area contributed by atoms with E-state index in [9.17, 15) is 18.0 Å². The fourth-order valence-corrected chi connectivity index (χ4v) is 1.43. The van der Waals surface area contributed by atoms with E-state index in [-0.39, 0.29) is 11.3 Å². The van der Waals surface area contributed by atoms with Gasteiger partial charge in [0.15, 0.2) is 0 Å². The standard InChI is InChI=1S/C10H5ClF3NO2/c1-17-7-3-6(10(12,13)14)2-5(4-15)8(7)9(11)16/h2-3H,1H3. The van der Waals surface area contributed by atoms with Crippen LogP contribution in [0.4, 0.5) is 13.2 Å². The predicted octanol–water partition coefficient (Wildman–Crippen LogP) is 2.96. The van der Waals surface area contributed by atoms with Crippen LogP contribution in [0.3, 0.4) is 0 Å². The van der Waals surface area contributed by atoms with Crippen molar-refractivity contribution in [1.82, 2.24) is 0 Å². The maximum absolute atomic E-state index is 12.5. The van der Waals surface area contributed by atoms with Gasteiger partial charge in [0.25, 0.3) is 5.24 Å². The highest BCUT2D eigenvalue weighted by Crippen LogP contribution is 2.35. The molecule has 0 amide bonds. The van der Waals surface area contributed by atoms with E-state index in [4.69, 9.17) is 16.9 Å². The van der Waals surface area contributed by atoms with Crippen molar-refractivity contribution in [3.05, 3.63) is 28.8 Å². The van der Waals surface area contributed by atoms with Gasteiger partial charge < -0.3 is 4.74 Å². The van der Waals surface area contributed by atoms with E-state index in [2.05, 4.69) is 4.74 Å². The highest BCUT2D eigenvalue weighted by atomic mass is 35.5. The zero-order valence-electron chi connectivity index (χ0n) is 8.43. The van der Waals surface area contributed by atoms with Gasteiger partial charge >= 0.3 is 6.18 Å². The Morgan fingerprint density at radius 2 is 2.06 bits per heavy atom. The summed E-state index contributed by atoms with van der Waals surface area (Å²) >= 11 is 5.19. The summed E-state index contributed by atoms with van der Waals surface area (Å²) in [5.41, 5.74) is -1.92. The molecule has 0 unspecified atom stereocenters. The van der Waals surface area contributed by atoms with E-state index < -0.39 is 22.5 Å². The lowest BCUT2D eigenvalue weighted by Gasteiger charge is -2.12. The summed E-state index contributed by atoms with van der Waals surface area (Å²) in [4.78, 5) is 11.0. The number of halogens is 4. The number of carbonyl (C=O) groups excluding carboxylic acids is 1. The van der Waals surface area contributed by atoms with Gasteiger partial charge in [0.2, 0.25) is 0 Å². The topological polar surface area (TPSA) is 50.1 Å². The third-order valence-electron chi connectivity index (χ3n) is 1.97. The van der Waals surface area contributed by atoms with Crippen LogP contribution in [0.15, 0.2) is 12.1 Å². The number of nitriles is 1. The zero-order chi connectivity index (χ0) is 13.2. The molecule has 0 saturated heterocycles. The largest absolute Gasteiger partial charge is 0.496 e. The number of rotatable bonds is 2. The molecule has 0 saturated carbocycles. The molecular formula is C10H5ClF3NO2. The number of alkyl halides is 3. The van der Waals surface area contributed by atoms with Crippen molar-refractivity contribution in [2.45, 2.75) is 6.18 Å². The molecule has 17 heavy (non-hydrogen) atoms. The molecular weight excluding hydrogens is 259 g/mol. The molecule has 0 N–H and O–H groups in total. The van der Waals surface area contributed by atoms with Crippen LogP contribution in [-0.4, -0.2) is 12.4 Å². The first-order chi connectivity index (χ1) is 7.81. The number of methoxy groups -OCH3 is 1. The summed E-state index contributed by atoms with van der Waals surface area (Å²) < 4.78 is 42.0. The minimum Gasteiger partial charge on any atom is -0.496 e. The number of carbonyl (C=O) groups is 1. The average Bonchev–Trinajstić information content (AvgIpc) is 2.25. The highest BCUT2D eigenvalue weighted by Gasteiger charge is 2.33. The van der Waals surface area contributed by atoms with Crippen molar-refractivity contribution >= 4 is 16.8 Å². The van der Waals surface area contributed by atoms with Crippen LogP contribution in [0.5, 0.6) is 5.75 Å². The molecule has 90 valence electrons. The van der Waals surface area contributed by atoms with Gasteiger partial charge in [-0.2, -0.15) is 18.4 Å². The van der Waals surface area contributed by atoms with E-state index in [1.54, 1.807) is 0 Å². The van der Waals surface area contributed by atoms with Crippen LogP contribution in [0.1, 0.15) is 21.5 Å². The highest BCUT2D eigenvalue weighted by molar-refractivity contribution is 6.68. The van der Waals surface area contributed by atoms with Crippen LogP contribution in [-0.2, 0) is 6.18 Å². The minimum atomic E-state index is -4.63. The molecule has 0 aliphatic carbocycles. The van der Waals surface area contributed by atoms with E-state index in [0.717, 1.165) is 7.11 Å². The lowest BCUT2D eigenvalue weighted by molar-refractivity contribution is -0.137. The first kappa shape index (κ1) is 13.3. The average molecular weight is 264 g/mol. The Labute approximate surface area is 99.4 Å². The normalized spacial score (nSPS) is 10.8. The Morgan fingerprint density at radius 1 is 1.47 bits per heavy atom. The van der Waals surface area contributed by atoms with Gasteiger partial charge in [-0.15, -0.1) is 0 Å². The van der Waals surface area contributed by atoms with Crippen molar-refractivity contribution in [2.75, 3.05) is 7.11 Å². The van der Waals surface area contributed by atoms with Crippen molar-refractivity contribution in [3.8, 4) is 11.8 Å². The SMILES string of the molecule is COc1cc(C(F)(F)F)cc(C#N)c1C(=O)Cl. The maximum Gasteiger partial charge on any atom is 0.416 e. The van der Waals surface area contributed by atoms with E-state index >= 15 is 0 Å². The number of hydrogen-bond acceptors (Lipinski definition) is 3. The molecule has 7 heteroatoms. The third kappa shape index (κ3) is 2.68. The Hall–Kier alpha value is -1.74. The third-order valence-corrected chi connectivity index (χ3v) is 2.16. The molecule has 3 nitrogen and oxygen atoms in total. The number of nitrogens with zero attached hydrogens (tertiary/aromatic N) is 1. The Kier molecular flexibility index (Phi) is 3.63. The molecule has 0 fully saturated rings. The number of ether oxygens (including phenoxy) is 1. The Balaban J connectivity index is 3.58. The summed E-state index contributed by atoms with van der Waals surface area (Å²) in [7, 11) is 1.08. The van der Waals surface area contributed by atoms with Crippen LogP contribution in [0, 0.1) is 11.3 Å². The molecule has 1 rings (SSSR count). The molecule has 1 aromatic carbocycles. The Bertz CT molecular complexity index is 505. The lowest BCUT2D eigenvalue weighted by atomic mass is 10.0. The quantitative estimate of drug-likeness (QED) is 0.771. The van der Waals surface area contributed by atoms with Crippen molar-refractivity contribution in [1.29, 1.82) is 5.26 Å². The van der Waals surface area contributed by atoms with Crippen molar-refractivity contribution in [3.63, 3.8) is 0 Å². The molecule has 0 heterocycles. The molecule has 0 bridgehead atoms. The van der Waals surface area contributed by atoms with Crippen LogP contribution >= 0.6 is 11.6 Å². The molecule has 0 radical (unpaired) electrons. The molecule has 0 spiro atoms. The molecule has 0 atom stereocenters. The van der Waals surface area contributed by atoms with E-state index in [1.807, 2.05) is 0 Å². The summed E-state index contributed by atoms with van der Waals surface area (Å²) in [6.07, 6.45) is -4.63. The summed E-state index contributed by atoms with van der Waals surface area (Å²) in [5, 5.41) is 7.64. The summed E-state index contributed by atoms with van der Waals surface area (Å²) in [5.74, 6) is -0.378. The Morgan fingerprint density at radius 3 is 2.41 bits per heavy atom. The molecule has 0 aromatic heterocycles. The second-order valence-corrected chi connectivity index (χ2v) is 3.33. The van der Waals surface area contributed by atoms with Gasteiger partial charge in [-0.05, 0) is 23.7 Å². The van der Waals surface area contributed by atoms with Crippen LogP contribution in [0.25, 0.3) is 0 Å². The monoisotopic (exact) mass is 263 g/mol. The molecule has 1 aromatic rings. The second kappa shape index (κ2) is 4.63. The van der Waals surface area contributed by atoms with Gasteiger partial charge in [-0.1, -0.05) is 0 Å². The van der Waals surface area contributed by atoms with Gasteiger partial charge in [0.1, 0.15) is 11.8 Å². The van der Waals surface area contributed by atoms with Gasteiger partial charge in [0, 0.05) is 0 Å². The maximum atomic E-state index is 12.5. The molecule has 0 aliphatic heterocycles. The first-order valence-electron chi connectivity index (χ1n) is 4.20. The van der Waals surface area contributed by atoms with Gasteiger partial charge in [-0.3, -0.25) is 4.79 Å². The summed E-state index contributed by atoms with van der Waals surface area (Å²) in [6, 6.07) is 2.65. The van der Waals surface area contributed by atoms with E-state index in [0.29, 0.717) is 12.1 Å². The van der Waals surface area contributed by atoms with Crippen molar-refractivity contribution < 1.29 is 22.7 Å². The smallest absolute Gasteiger partial charge is 0.416 e. The fourth-order valence-electron chi connectivity index (χ4n) is 1.23. The lowest BCUT2D eigenvalue weighted by Crippen LogP contribution is -2.09. The minimum absolute atomic E-state index is 0.371. The molecule has 0 aliphatic rings. The van der Waals surface area contributed by atoms with Crippen molar-refractivity contribution in [2.24, 2.45) is 0 Å². The van der Waals surface area contributed by atoms with Gasteiger partial charge in [0.05, 0.1) is 23.8 Å². The predicted molar refractivity (Wildman–Crippen MR) is 52.9 cm³/mol. The van der Waals surface area contributed by atoms with Crippen LogP contribution in [0.2, 0.25) is 0 Å². The van der Waals surface area contributed by atoms with Gasteiger partial charge in [-0.25, -0.2) is 0 Å². The zero-order valence-corrected chi connectivity index (χ0v) is 9.19.